The van der Waals surface area contributed by atoms with Crippen LogP contribution in [0, 0.1) is 5.92 Å². The molecule has 0 bridgehead atoms. The highest BCUT2D eigenvalue weighted by Gasteiger charge is 2.25. The van der Waals surface area contributed by atoms with E-state index in [1.54, 1.807) is 24.3 Å². The minimum absolute atomic E-state index is 0.00735. The molecule has 2 fully saturated rings. The highest BCUT2D eigenvalue weighted by Crippen LogP contribution is 2.26. The van der Waals surface area contributed by atoms with Gasteiger partial charge in [0.05, 0.1) is 0 Å². The fraction of sp³-hybridized carbons (Fsp3) is 0.600. The van der Waals surface area contributed by atoms with Crippen LogP contribution in [0.2, 0.25) is 0 Å². The van der Waals surface area contributed by atoms with Crippen LogP contribution in [-0.4, -0.2) is 37.1 Å². The van der Waals surface area contributed by atoms with Crippen LogP contribution in [0.3, 0.4) is 0 Å². The standard InChI is InChI=1S/C20H29N3O3/c21-13-17(14-6-2-1-3-7-14)23-19(24)15-8-4-9-16(12-15)22-20(25)18-10-5-11-26-18/h4,8-9,12,14,17-18H,1-3,5-7,10-11,13,21H2,(H,22,25)(H,23,24). The Kier molecular flexibility index (Phi) is 6.63. The van der Waals surface area contributed by atoms with Gasteiger partial charge in [0.15, 0.2) is 0 Å². The van der Waals surface area contributed by atoms with Crippen molar-refractivity contribution in [2.24, 2.45) is 11.7 Å². The molecule has 142 valence electrons. The molecule has 2 aliphatic rings. The van der Waals surface area contributed by atoms with Gasteiger partial charge in [-0.2, -0.15) is 0 Å². The van der Waals surface area contributed by atoms with Gasteiger partial charge in [-0.05, 0) is 49.8 Å². The molecule has 1 aliphatic carbocycles. The van der Waals surface area contributed by atoms with Crippen molar-refractivity contribution in [2.45, 2.75) is 57.1 Å². The van der Waals surface area contributed by atoms with E-state index in [1.807, 2.05) is 0 Å². The van der Waals surface area contributed by atoms with E-state index in [4.69, 9.17) is 10.5 Å². The molecule has 1 aliphatic heterocycles. The van der Waals surface area contributed by atoms with Crippen LogP contribution in [0.4, 0.5) is 5.69 Å². The first-order valence-electron chi connectivity index (χ1n) is 9.71. The number of hydrogen-bond donors (Lipinski definition) is 3. The zero-order valence-electron chi connectivity index (χ0n) is 15.2. The molecule has 3 rings (SSSR count). The highest BCUT2D eigenvalue weighted by molar-refractivity contribution is 5.98. The van der Waals surface area contributed by atoms with Crippen molar-refractivity contribution in [3.63, 3.8) is 0 Å². The molecule has 2 unspecified atom stereocenters. The quantitative estimate of drug-likeness (QED) is 0.727. The number of ether oxygens (including phenoxy) is 1. The van der Waals surface area contributed by atoms with Gasteiger partial charge in [0.1, 0.15) is 6.10 Å². The lowest BCUT2D eigenvalue weighted by atomic mass is 9.84. The van der Waals surface area contributed by atoms with Gasteiger partial charge in [-0.25, -0.2) is 0 Å². The van der Waals surface area contributed by atoms with Crippen molar-refractivity contribution in [1.29, 1.82) is 0 Å². The van der Waals surface area contributed by atoms with Gasteiger partial charge in [0, 0.05) is 30.4 Å². The Bertz CT molecular complexity index is 622. The predicted octanol–water partition coefficient (Wildman–Crippen LogP) is 2.44. The van der Waals surface area contributed by atoms with Crippen LogP contribution < -0.4 is 16.4 Å². The van der Waals surface area contributed by atoms with E-state index < -0.39 is 0 Å². The second-order valence-corrected chi connectivity index (χ2v) is 7.29. The maximum Gasteiger partial charge on any atom is 0.253 e. The number of rotatable bonds is 6. The lowest BCUT2D eigenvalue weighted by molar-refractivity contribution is -0.124. The fourth-order valence-electron chi connectivity index (χ4n) is 3.90. The second kappa shape index (κ2) is 9.14. The van der Waals surface area contributed by atoms with E-state index in [9.17, 15) is 9.59 Å². The maximum absolute atomic E-state index is 12.6. The van der Waals surface area contributed by atoms with Gasteiger partial charge in [-0.15, -0.1) is 0 Å². The number of amides is 2. The number of nitrogens with one attached hydrogen (secondary N) is 2. The van der Waals surface area contributed by atoms with Crippen LogP contribution >= 0.6 is 0 Å². The lowest BCUT2D eigenvalue weighted by Crippen LogP contribution is -2.45. The van der Waals surface area contributed by atoms with Gasteiger partial charge >= 0.3 is 0 Å². The Morgan fingerprint density at radius 3 is 2.65 bits per heavy atom. The van der Waals surface area contributed by atoms with Gasteiger partial charge in [-0.3, -0.25) is 9.59 Å². The molecule has 6 nitrogen and oxygen atoms in total. The van der Waals surface area contributed by atoms with Gasteiger partial charge in [0.25, 0.3) is 11.8 Å². The van der Waals surface area contributed by atoms with Crippen molar-refractivity contribution in [3.8, 4) is 0 Å². The van der Waals surface area contributed by atoms with Crippen molar-refractivity contribution >= 4 is 17.5 Å². The molecule has 0 radical (unpaired) electrons. The van der Waals surface area contributed by atoms with E-state index >= 15 is 0 Å². The molecule has 1 aromatic carbocycles. The Hall–Kier alpha value is -1.92. The average molecular weight is 359 g/mol. The molecule has 1 heterocycles. The molecular weight excluding hydrogens is 330 g/mol. The van der Waals surface area contributed by atoms with E-state index in [0.717, 1.165) is 25.7 Å². The molecule has 0 spiro atoms. The van der Waals surface area contributed by atoms with Crippen molar-refractivity contribution in [2.75, 3.05) is 18.5 Å². The van der Waals surface area contributed by atoms with Crippen LogP contribution in [0.15, 0.2) is 24.3 Å². The number of benzene rings is 1. The van der Waals surface area contributed by atoms with Crippen molar-refractivity contribution in [3.05, 3.63) is 29.8 Å². The Morgan fingerprint density at radius 1 is 1.15 bits per heavy atom. The zero-order valence-corrected chi connectivity index (χ0v) is 15.2. The summed E-state index contributed by atoms with van der Waals surface area (Å²) in [5.74, 6) is 0.168. The first-order chi connectivity index (χ1) is 12.7. The van der Waals surface area contributed by atoms with Crippen molar-refractivity contribution < 1.29 is 14.3 Å². The molecule has 2 atom stereocenters. The lowest BCUT2D eigenvalue weighted by Gasteiger charge is -2.30. The molecule has 26 heavy (non-hydrogen) atoms. The first kappa shape index (κ1) is 18.9. The Balaban J connectivity index is 1.60. The van der Waals surface area contributed by atoms with Gasteiger partial charge in [0.2, 0.25) is 0 Å². The number of anilines is 1. The third-order valence-corrected chi connectivity index (χ3v) is 5.40. The van der Waals surface area contributed by atoms with E-state index in [1.165, 1.54) is 19.3 Å². The van der Waals surface area contributed by atoms with Crippen LogP contribution in [-0.2, 0) is 9.53 Å². The summed E-state index contributed by atoms with van der Waals surface area (Å²) in [6.45, 7) is 1.08. The Labute approximate surface area is 154 Å². The zero-order chi connectivity index (χ0) is 18.4. The summed E-state index contributed by atoms with van der Waals surface area (Å²) in [5.41, 5.74) is 7.05. The van der Waals surface area contributed by atoms with E-state index in [0.29, 0.717) is 30.3 Å². The van der Waals surface area contributed by atoms with Crippen LogP contribution in [0.5, 0.6) is 0 Å². The van der Waals surface area contributed by atoms with Crippen molar-refractivity contribution in [1.82, 2.24) is 5.32 Å². The minimum Gasteiger partial charge on any atom is -0.368 e. The number of carbonyl (C=O) groups is 2. The molecule has 4 N–H and O–H groups in total. The predicted molar refractivity (Wildman–Crippen MR) is 101 cm³/mol. The SMILES string of the molecule is NCC(NC(=O)c1cccc(NC(=O)C2CCCO2)c1)C1CCCCC1. The molecule has 1 saturated carbocycles. The highest BCUT2D eigenvalue weighted by atomic mass is 16.5. The average Bonchev–Trinajstić information content (AvgIpc) is 3.22. The van der Waals surface area contributed by atoms with Gasteiger partial charge < -0.3 is 21.1 Å². The molecule has 1 saturated heterocycles. The summed E-state index contributed by atoms with van der Waals surface area (Å²) in [4.78, 5) is 24.8. The second-order valence-electron chi connectivity index (χ2n) is 7.29. The van der Waals surface area contributed by atoms with Gasteiger partial charge in [-0.1, -0.05) is 25.3 Å². The van der Waals surface area contributed by atoms with E-state index in [-0.39, 0.29) is 24.0 Å². The minimum atomic E-state index is -0.389. The maximum atomic E-state index is 12.6. The number of carbonyl (C=O) groups excluding carboxylic acids is 2. The van der Waals surface area contributed by atoms with E-state index in [2.05, 4.69) is 10.6 Å². The molecule has 1 aromatic rings. The molecular formula is C20H29N3O3. The summed E-state index contributed by atoms with van der Waals surface area (Å²) in [6, 6.07) is 7.03. The largest absolute Gasteiger partial charge is 0.368 e. The first-order valence-corrected chi connectivity index (χ1v) is 9.71. The Morgan fingerprint density at radius 2 is 1.96 bits per heavy atom. The smallest absolute Gasteiger partial charge is 0.253 e. The monoisotopic (exact) mass is 359 g/mol. The summed E-state index contributed by atoms with van der Waals surface area (Å²) < 4.78 is 5.39. The summed E-state index contributed by atoms with van der Waals surface area (Å²) >= 11 is 0. The fourth-order valence-corrected chi connectivity index (χ4v) is 3.90. The summed E-state index contributed by atoms with van der Waals surface area (Å²) in [7, 11) is 0. The summed E-state index contributed by atoms with van der Waals surface area (Å²) in [6.07, 6.45) is 7.20. The number of hydrogen-bond acceptors (Lipinski definition) is 4. The summed E-state index contributed by atoms with van der Waals surface area (Å²) in [5, 5.41) is 5.93. The topological polar surface area (TPSA) is 93.5 Å². The molecule has 0 aromatic heterocycles. The normalized spacial score (nSPS) is 22.0. The van der Waals surface area contributed by atoms with Crippen LogP contribution in [0.25, 0.3) is 0 Å². The molecule has 6 heteroatoms. The molecule has 2 amide bonds. The third kappa shape index (κ3) is 4.83. The van der Waals surface area contributed by atoms with Crippen LogP contribution in [0.1, 0.15) is 55.3 Å². The third-order valence-electron chi connectivity index (χ3n) is 5.40. The number of nitrogens with two attached hydrogens (primary N) is 1.